The van der Waals surface area contributed by atoms with Gasteiger partial charge >= 0.3 is 6.16 Å². The van der Waals surface area contributed by atoms with Crippen LogP contribution in [-0.4, -0.2) is 29.4 Å². The number of hydrogen-bond acceptors (Lipinski definition) is 4. The fraction of sp³-hybridized carbons (Fsp3) is 0.667. The number of rotatable bonds is 3. The van der Waals surface area contributed by atoms with Crippen molar-refractivity contribution in [1.29, 1.82) is 0 Å². The van der Waals surface area contributed by atoms with Gasteiger partial charge in [0, 0.05) is 11.0 Å². The largest absolute Gasteiger partial charge is 0.509 e. The molecule has 0 saturated carbocycles. The van der Waals surface area contributed by atoms with Crippen molar-refractivity contribution in [1.82, 2.24) is 0 Å². The first-order chi connectivity index (χ1) is 6.31. The van der Waals surface area contributed by atoms with Crippen LogP contribution in [0.4, 0.5) is 4.79 Å². The second kappa shape index (κ2) is 3.62. The predicted octanol–water partition coefficient (Wildman–Crippen LogP) is 1.97. The normalized spacial score (nSPS) is 36.6. The van der Waals surface area contributed by atoms with Crippen LogP contribution in [0, 0.1) is 0 Å². The Kier molecular flexibility index (Phi) is 2.49. The van der Waals surface area contributed by atoms with Crippen LogP contribution in [0.5, 0.6) is 0 Å². The van der Waals surface area contributed by atoms with Gasteiger partial charge in [0.05, 0.1) is 0 Å². The smallest absolute Gasteiger partial charge is 0.426 e. The predicted molar refractivity (Wildman–Crippen MR) is 50.8 cm³/mol. The van der Waals surface area contributed by atoms with Gasteiger partial charge in [-0.2, -0.15) is 11.8 Å². The molecule has 2 rings (SSSR count). The van der Waals surface area contributed by atoms with E-state index in [0.717, 1.165) is 18.6 Å². The molecule has 0 aromatic carbocycles. The molecule has 0 radical (unpaired) electrons. The number of fused-ring (bicyclic) bond motifs is 1. The molecule has 3 atom stereocenters. The summed E-state index contributed by atoms with van der Waals surface area (Å²) in [7, 11) is 0. The lowest BCUT2D eigenvalue weighted by atomic mass is 10.1. The van der Waals surface area contributed by atoms with Crippen LogP contribution in [0.1, 0.15) is 12.8 Å². The Morgan fingerprint density at radius 3 is 3.23 bits per heavy atom. The molecular weight excluding hydrogens is 188 g/mol. The van der Waals surface area contributed by atoms with Crippen molar-refractivity contribution in [2.24, 2.45) is 0 Å². The summed E-state index contributed by atoms with van der Waals surface area (Å²) in [6.07, 6.45) is 3.36. The Balaban J connectivity index is 1.92. The molecule has 3 nitrogen and oxygen atoms in total. The molecular formula is C9H12O3S. The minimum Gasteiger partial charge on any atom is -0.426 e. The van der Waals surface area contributed by atoms with Gasteiger partial charge in [0.15, 0.2) is 12.2 Å². The summed E-state index contributed by atoms with van der Waals surface area (Å²) < 4.78 is 10.1. The lowest BCUT2D eigenvalue weighted by Gasteiger charge is -2.12. The molecule has 2 aliphatic rings. The molecule has 0 spiro atoms. The maximum absolute atomic E-state index is 10.8. The quantitative estimate of drug-likeness (QED) is 0.515. The molecule has 13 heavy (non-hydrogen) atoms. The summed E-state index contributed by atoms with van der Waals surface area (Å²) in [4.78, 5) is 10.8. The Hall–Kier alpha value is -0.640. The van der Waals surface area contributed by atoms with Crippen LogP contribution in [0.3, 0.4) is 0 Å². The molecule has 72 valence electrons. The summed E-state index contributed by atoms with van der Waals surface area (Å²) >= 11 is 1.83. The topological polar surface area (TPSA) is 35.5 Å². The molecule has 2 saturated heterocycles. The standard InChI is InChI=1S/C9H12O3S/c1-2-3-4-7-8-6(5-13-7)11-9(10)12-8/h2,6-8H,1,3-5H2/t6-,7?,8-/m0/s1. The third-order valence-electron chi connectivity index (χ3n) is 2.34. The first-order valence-corrected chi connectivity index (χ1v) is 5.46. The number of hydrogen-bond donors (Lipinski definition) is 0. The van der Waals surface area contributed by atoms with E-state index in [9.17, 15) is 4.79 Å². The highest BCUT2D eigenvalue weighted by molar-refractivity contribution is 8.00. The molecule has 0 aromatic rings. The SMILES string of the molecule is C=CCCC1SC[C@@H]2OC(=O)O[C@H]12. The van der Waals surface area contributed by atoms with Crippen LogP contribution in [0.15, 0.2) is 12.7 Å². The third kappa shape index (κ3) is 1.68. The van der Waals surface area contributed by atoms with Crippen molar-refractivity contribution in [3.63, 3.8) is 0 Å². The highest BCUT2D eigenvalue weighted by Gasteiger charge is 2.46. The van der Waals surface area contributed by atoms with Crippen molar-refractivity contribution in [3.05, 3.63) is 12.7 Å². The minimum absolute atomic E-state index is 0.00712. The molecule has 0 bridgehead atoms. The van der Waals surface area contributed by atoms with Crippen LogP contribution >= 0.6 is 11.8 Å². The first-order valence-electron chi connectivity index (χ1n) is 4.41. The number of allylic oxidation sites excluding steroid dienone is 1. The summed E-state index contributed by atoms with van der Waals surface area (Å²) in [5, 5.41) is 0.398. The first kappa shape index (κ1) is 8.94. The molecule has 0 aliphatic carbocycles. The zero-order valence-corrected chi connectivity index (χ0v) is 8.09. The van der Waals surface area contributed by atoms with Gasteiger partial charge in [0.25, 0.3) is 0 Å². The number of thioether (sulfide) groups is 1. The van der Waals surface area contributed by atoms with Gasteiger partial charge in [-0.1, -0.05) is 6.08 Å². The third-order valence-corrected chi connectivity index (χ3v) is 3.80. The van der Waals surface area contributed by atoms with Crippen molar-refractivity contribution in [2.75, 3.05) is 5.75 Å². The van der Waals surface area contributed by atoms with Crippen LogP contribution < -0.4 is 0 Å². The van der Waals surface area contributed by atoms with Gasteiger partial charge < -0.3 is 9.47 Å². The van der Waals surface area contributed by atoms with E-state index in [-0.39, 0.29) is 12.2 Å². The van der Waals surface area contributed by atoms with Crippen LogP contribution in [0.2, 0.25) is 0 Å². The van der Waals surface area contributed by atoms with Gasteiger partial charge in [0.2, 0.25) is 0 Å². The summed E-state index contributed by atoms with van der Waals surface area (Å²) in [5.74, 6) is 0.873. The average Bonchev–Trinajstić information content (AvgIpc) is 2.61. The lowest BCUT2D eigenvalue weighted by Crippen LogP contribution is -2.26. The highest BCUT2D eigenvalue weighted by atomic mass is 32.2. The Bertz CT molecular complexity index is 229. The maximum Gasteiger partial charge on any atom is 0.509 e. The molecule has 4 heteroatoms. The minimum atomic E-state index is -0.501. The fourth-order valence-corrected chi connectivity index (χ4v) is 3.11. The van der Waals surface area contributed by atoms with E-state index < -0.39 is 6.16 Å². The molecule has 0 N–H and O–H groups in total. The Morgan fingerprint density at radius 1 is 1.62 bits per heavy atom. The van der Waals surface area contributed by atoms with Gasteiger partial charge in [-0.05, 0) is 12.8 Å². The van der Waals surface area contributed by atoms with Gasteiger partial charge in [-0.3, -0.25) is 0 Å². The highest BCUT2D eigenvalue weighted by Crippen LogP contribution is 2.37. The number of carbonyl (C=O) groups is 1. The van der Waals surface area contributed by atoms with Crippen molar-refractivity contribution in [2.45, 2.75) is 30.3 Å². The molecule has 1 unspecified atom stereocenters. The maximum atomic E-state index is 10.8. The molecule has 0 aromatic heterocycles. The van der Waals surface area contributed by atoms with E-state index in [4.69, 9.17) is 9.47 Å². The van der Waals surface area contributed by atoms with Crippen molar-refractivity contribution < 1.29 is 14.3 Å². The summed E-state index contributed by atoms with van der Waals surface area (Å²) in [6.45, 7) is 3.67. The van der Waals surface area contributed by atoms with E-state index in [0.29, 0.717) is 5.25 Å². The Labute approximate surface area is 81.5 Å². The molecule has 2 aliphatic heterocycles. The van der Waals surface area contributed by atoms with Gasteiger partial charge in [-0.25, -0.2) is 4.79 Å². The summed E-state index contributed by atoms with van der Waals surface area (Å²) in [6, 6.07) is 0. The fourth-order valence-electron chi connectivity index (χ4n) is 1.69. The second-order valence-electron chi connectivity index (χ2n) is 3.23. The second-order valence-corrected chi connectivity index (χ2v) is 4.50. The number of carbonyl (C=O) groups excluding carboxylic acids is 1. The van der Waals surface area contributed by atoms with E-state index in [1.807, 2.05) is 17.8 Å². The zero-order chi connectivity index (χ0) is 9.26. The van der Waals surface area contributed by atoms with Gasteiger partial charge in [0.1, 0.15) is 0 Å². The van der Waals surface area contributed by atoms with Crippen LogP contribution in [0.25, 0.3) is 0 Å². The van der Waals surface area contributed by atoms with Crippen molar-refractivity contribution in [3.8, 4) is 0 Å². The zero-order valence-electron chi connectivity index (χ0n) is 7.27. The van der Waals surface area contributed by atoms with E-state index in [1.165, 1.54) is 0 Å². The molecule has 2 fully saturated rings. The Morgan fingerprint density at radius 2 is 2.46 bits per heavy atom. The summed E-state index contributed by atoms with van der Waals surface area (Å²) in [5.41, 5.74) is 0. The van der Waals surface area contributed by atoms with E-state index >= 15 is 0 Å². The van der Waals surface area contributed by atoms with E-state index in [2.05, 4.69) is 6.58 Å². The van der Waals surface area contributed by atoms with E-state index in [1.54, 1.807) is 0 Å². The van der Waals surface area contributed by atoms with Gasteiger partial charge in [-0.15, -0.1) is 6.58 Å². The monoisotopic (exact) mass is 200 g/mol. The van der Waals surface area contributed by atoms with Crippen molar-refractivity contribution >= 4 is 17.9 Å². The van der Waals surface area contributed by atoms with Crippen LogP contribution in [-0.2, 0) is 9.47 Å². The lowest BCUT2D eigenvalue weighted by molar-refractivity contribution is 0.115. The molecule has 2 heterocycles. The average molecular weight is 200 g/mol. The number of ether oxygens (including phenoxy) is 2. The molecule has 0 amide bonds.